The van der Waals surface area contributed by atoms with Gasteiger partial charge in [0.2, 0.25) is 0 Å². The zero-order chi connectivity index (χ0) is 14.7. The summed E-state index contributed by atoms with van der Waals surface area (Å²) in [7, 11) is 0. The third-order valence-corrected chi connectivity index (χ3v) is 4.24. The molecule has 3 rings (SSSR count). The van der Waals surface area contributed by atoms with Crippen LogP contribution < -0.4 is 0 Å². The van der Waals surface area contributed by atoms with Crippen LogP contribution in [-0.4, -0.2) is 46.9 Å². The van der Waals surface area contributed by atoms with Crippen LogP contribution >= 0.6 is 15.9 Å². The average molecular weight is 350 g/mol. The summed E-state index contributed by atoms with van der Waals surface area (Å²) in [6, 6.07) is 7.46. The average Bonchev–Trinajstić information content (AvgIpc) is 3.01. The van der Waals surface area contributed by atoms with Gasteiger partial charge in [-0.2, -0.15) is 0 Å². The van der Waals surface area contributed by atoms with Crippen LogP contribution in [0.5, 0.6) is 0 Å². The minimum absolute atomic E-state index is 0.0348. The Labute approximate surface area is 131 Å². The van der Waals surface area contributed by atoms with Crippen LogP contribution in [0.2, 0.25) is 0 Å². The molecule has 0 saturated carbocycles. The lowest BCUT2D eigenvalue weighted by molar-refractivity contribution is 0.0619. The highest BCUT2D eigenvalue weighted by Crippen LogP contribution is 2.17. The molecule has 3 heterocycles. The summed E-state index contributed by atoms with van der Waals surface area (Å²) in [6.07, 6.45) is 3.36. The molecule has 0 spiro atoms. The molecule has 1 saturated heterocycles. The molecule has 1 amide bonds. The number of nitrogens with zero attached hydrogens (tertiary/aromatic N) is 3. The number of hydrogen-bond acceptors (Lipinski definition) is 4. The third kappa shape index (κ3) is 3.33. The Balaban J connectivity index is 1.58. The molecule has 0 radical (unpaired) electrons. The fourth-order valence-electron chi connectivity index (χ4n) is 2.45. The summed E-state index contributed by atoms with van der Waals surface area (Å²) >= 11 is 3.33. The second-order valence-electron chi connectivity index (χ2n) is 4.99. The van der Waals surface area contributed by atoms with Crippen LogP contribution in [0.1, 0.15) is 16.1 Å². The summed E-state index contributed by atoms with van der Waals surface area (Å²) in [5, 5.41) is 0. The van der Waals surface area contributed by atoms with Crippen LogP contribution in [0.3, 0.4) is 0 Å². The first-order valence-electron chi connectivity index (χ1n) is 6.88. The second-order valence-corrected chi connectivity index (χ2v) is 5.74. The lowest BCUT2D eigenvalue weighted by Gasteiger charge is -2.34. The Bertz CT molecular complexity index is 607. The molecular formula is C15H16BrN3O2. The molecule has 110 valence electrons. The quantitative estimate of drug-likeness (QED) is 0.798. The predicted molar refractivity (Wildman–Crippen MR) is 81.8 cm³/mol. The minimum Gasteiger partial charge on any atom is -0.468 e. The van der Waals surface area contributed by atoms with E-state index >= 15 is 0 Å². The second kappa shape index (κ2) is 6.41. The molecular weight excluding hydrogens is 334 g/mol. The number of pyridine rings is 1. The highest BCUT2D eigenvalue weighted by Gasteiger charge is 2.23. The van der Waals surface area contributed by atoms with E-state index in [0.29, 0.717) is 10.2 Å². The van der Waals surface area contributed by atoms with Crippen LogP contribution in [0.15, 0.2) is 45.7 Å². The Kier molecular flexibility index (Phi) is 4.36. The number of carbonyl (C=O) groups excluding carboxylic acids is 1. The van der Waals surface area contributed by atoms with Gasteiger partial charge in [-0.3, -0.25) is 9.69 Å². The maximum absolute atomic E-state index is 12.5. The Morgan fingerprint density at radius 2 is 2.05 bits per heavy atom. The molecule has 0 unspecified atom stereocenters. The monoisotopic (exact) mass is 349 g/mol. The van der Waals surface area contributed by atoms with Crippen LogP contribution in [-0.2, 0) is 6.54 Å². The van der Waals surface area contributed by atoms with Gasteiger partial charge < -0.3 is 9.32 Å². The van der Waals surface area contributed by atoms with Gasteiger partial charge >= 0.3 is 0 Å². The summed E-state index contributed by atoms with van der Waals surface area (Å²) in [4.78, 5) is 20.7. The van der Waals surface area contributed by atoms with Crippen molar-refractivity contribution in [3.63, 3.8) is 0 Å². The van der Waals surface area contributed by atoms with Crippen molar-refractivity contribution in [3.8, 4) is 0 Å². The van der Waals surface area contributed by atoms with E-state index < -0.39 is 0 Å². The van der Waals surface area contributed by atoms with Crippen molar-refractivity contribution in [2.24, 2.45) is 0 Å². The van der Waals surface area contributed by atoms with Crippen LogP contribution in [0.25, 0.3) is 0 Å². The van der Waals surface area contributed by atoms with Crippen molar-refractivity contribution in [1.29, 1.82) is 0 Å². The molecule has 0 N–H and O–H groups in total. The first-order valence-corrected chi connectivity index (χ1v) is 7.68. The van der Waals surface area contributed by atoms with Crippen LogP contribution in [0.4, 0.5) is 0 Å². The molecule has 0 bridgehead atoms. The van der Waals surface area contributed by atoms with Gasteiger partial charge in [-0.05, 0) is 40.2 Å². The Morgan fingerprint density at radius 3 is 2.71 bits per heavy atom. The van der Waals surface area contributed by atoms with E-state index in [-0.39, 0.29) is 5.91 Å². The summed E-state index contributed by atoms with van der Waals surface area (Å²) < 4.78 is 5.96. The van der Waals surface area contributed by atoms with Gasteiger partial charge in [0, 0.05) is 32.4 Å². The fraction of sp³-hybridized carbons (Fsp3) is 0.333. The summed E-state index contributed by atoms with van der Waals surface area (Å²) in [6.45, 7) is 3.95. The van der Waals surface area contributed by atoms with E-state index in [0.717, 1.165) is 38.5 Å². The van der Waals surface area contributed by atoms with Gasteiger partial charge in [-0.15, -0.1) is 0 Å². The van der Waals surface area contributed by atoms with Crippen molar-refractivity contribution in [2.75, 3.05) is 26.2 Å². The molecule has 0 atom stereocenters. The van der Waals surface area contributed by atoms with Gasteiger partial charge in [-0.25, -0.2) is 4.98 Å². The molecule has 1 fully saturated rings. The summed E-state index contributed by atoms with van der Waals surface area (Å²) in [5.41, 5.74) is 0.622. The van der Waals surface area contributed by atoms with Crippen LogP contribution in [0, 0.1) is 0 Å². The van der Waals surface area contributed by atoms with E-state index in [2.05, 4.69) is 25.8 Å². The van der Waals surface area contributed by atoms with Gasteiger partial charge in [0.1, 0.15) is 10.4 Å². The fourth-order valence-corrected chi connectivity index (χ4v) is 2.87. The van der Waals surface area contributed by atoms with E-state index in [4.69, 9.17) is 4.42 Å². The molecule has 5 nitrogen and oxygen atoms in total. The number of furan rings is 1. The summed E-state index contributed by atoms with van der Waals surface area (Å²) in [5.74, 6) is 0.998. The first kappa shape index (κ1) is 14.3. The number of rotatable bonds is 3. The molecule has 1 aliphatic rings. The number of carbonyl (C=O) groups is 1. The third-order valence-electron chi connectivity index (χ3n) is 3.61. The molecule has 0 aromatic carbocycles. The maximum atomic E-state index is 12.5. The van der Waals surface area contributed by atoms with E-state index in [1.54, 1.807) is 24.6 Å². The van der Waals surface area contributed by atoms with E-state index in [1.165, 1.54) is 0 Å². The Morgan fingerprint density at radius 1 is 1.24 bits per heavy atom. The molecule has 2 aromatic heterocycles. The van der Waals surface area contributed by atoms with E-state index in [1.807, 2.05) is 17.0 Å². The Hall–Kier alpha value is -1.66. The number of hydrogen-bond donors (Lipinski definition) is 0. The van der Waals surface area contributed by atoms with Crippen molar-refractivity contribution in [3.05, 3.63) is 52.7 Å². The van der Waals surface area contributed by atoms with Gasteiger partial charge in [0.05, 0.1) is 18.4 Å². The highest BCUT2D eigenvalue weighted by atomic mass is 79.9. The predicted octanol–water partition coefficient (Wildman–Crippen LogP) is 2.40. The lowest BCUT2D eigenvalue weighted by atomic mass is 10.2. The first-order chi connectivity index (χ1) is 10.2. The van der Waals surface area contributed by atoms with Crippen molar-refractivity contribution >= 4 is 21.8 Å². The number of piperazine rings is 1. The van der Waals surface area contributed by atoms with Crippen molar-refractivity contribution in [2.45, 2.75) is 6.54 Å². The zero-order valence-electron chi connectivity index (χ0n) is 11.5. The number of amides is 1. The molecule has 6 heteroatoms. The number of aromatic nitrogens is 1. The van der Waals surface area contributed by atoms with Gasteiger partial charge in [0.25, 0.3) is 5.91 Å². The van der Waals surface area contributed by atoms with Crippen molar-refractivity contribution in [1.82, 2.24) is 14.8 Å². The highest BCUT2D eigenvalue weighted by molar-refractivity contribution is 9.10. The molecule has 2 aromatic rings. The van der Waals surface area contributed by atoms with E-state index in [9.17, 15) is 4.79 Å². The maximum Gasteiger partial charge on any atom is 0.256 e. The smallest absolute Gasteiger partial charge is 0.256 e. The normalized spacial score (nSPS) is 16.1. The lowest BCUT2D eigenvalue weighted by Crippen LogP contribution is -2.48. The van der Waals surface area contributed by atoms with Gasteiger partial charge in [-0.1, -0.05) is 0 Å². The molecule has 0 aliphatic carbocycles. The largest absolute Gasteiger partial charge is 0.468 e. The molecule has 1 aliphatic heterocycles. The van der Waals surface area contributed by atoms with Gasteiger partial charge in [0.15, 0.2) is 0 Å². The topological polar surface area (TPSA) is 49.6 Å². The van der Waals surface area contributed by atoms with Crippen molar-refractivity contribution < 1.29 is 9.21 Å². The molecule has 21 heavy (non-hydrogen) atoms. The standard InChI is InChI=1S/C15H16BrN3O2/c16-14-13(4-1-5-17-14)15(20)19-8-6-18(7-9-19)11-12-3-2-10-21-12/h1-5,10H,6-9,11H2. The minimum atomic E-state index is 0.0348. The zero-order valence-corrected chi connectivity index (χ0v) is 13.1. The SMILES string of the molecule is O=C(c1cccnc1Br)N1CCN(Cc2ccco2)CC1. The number of halogens is 1.